The number of hydrogen-bond acceptors (Lipinski definition) is 3. The molecule has 2 aromatic carbocycles. The number of carbonyl (C=O) groups is 1. The molecule has 0 fully saturated rings. The van der Waals surface area contributed by atoms with Crippen molar-refractivity contribution in [2.75, 3.05) is 10.0 Å². The summed E-state index contributed by atoms with van der Waals surface area (Å²) < 4.78 is 66.9. The smallest absolute Gasteiger partial charge is 0.358 e. The second-order valence-corrected chi connectivity index (χ2v) is 11.4. The molecule has 5 rings (SSSR count). The number of sulfonamides is 1. The summed E-state index contributed by atoms with van der Waals surface area (Å²) in [6.45, 7) is 4.22. The lowest BCUT2D eigenvalue weighted by Gasteiger charge is -2.14. The Morgan fingerprint density at radius 1 is 1.03 bits per heavy atom. The summed E-state index contributed by atoms with van der Waals surface area (Å²) in [6, 6.07) is 8.01. The lowest BCUT2D eigenvalue weighted by atomic mass is 9.89. The molecule has 37 heavy (non-hydrogen) atoms. The average molecular weight is 530 g/mol. The largest absolute Gasteiger partial charge is 0.416 e. The Kier molecular flexibility index (Phi) is 6.18. The number of halogens is 3. The number of H-pyrrole nitrogens is 1. The first-order valence-electron chi connectivity index (χ1n) is 12.0. The number of rotatable bonds is 5. The summed E-state index contributed by atoms with van der Waals surface area (Å²) in [4.78, 5) is 16.3. The van der Waals surface area contributed by atoms with Gasteiger partial charge in [-0.2, -0.15) is 13.2 Å². The molecule has 1 aromatic heterocycles. The van der Waals surface area contributed by atoms with E-state index in [1.165, 1.54) is 35.0 Å². The third-order valence-corrected chi connectivity index (χ3v) is 8.16. The van der Waals surface area contributed by atoms with Crippen LogP contribution in [0.25, 0.3) is 11.6 Å². The highest BCUT2D eigenvalue weighted by Gasteiger charge is 2.31. The molecule has 6 nitrogen and oxygen atoms in total. The molecule has 0 radical (unpaired) electrons. The van der Waals surface area contributed by atoms with E-state index in [1.54, 1.807) is 6.08 Å². The molecule has 1 aliphatic heterocycles. The molecule has 1 aliphatic carbocycles. The minimum absolute atomic E-state index is 0.00277. The normalized spacial score (nSPS) is 16.6. The second-order valence-electron chi connectivity index (χ2n) is 9.67. The summed E-state index contributed by atoms with van der Waals surface area (Å²) in [5.74, 6) is -0.0870. The molecule has 0 saturated heterocycles. The number of aromatic nitrogens is 1. The van der Waals surface area contributed by atoms with Gasteiger partial charge in [0.05, 0.1) is 16.0 Å². The fraction of sp³-hybridized carbons (Fsp3) is 0.296. The predicted molar refractivity (Wildman–Crippen MR) is 137 cm³/mol. The van der Waals surface area contributed by atoms with Crippen LogP contribution in [0.4, 0.5) is 24.5 Å². The maximum atomic E-state index is 13.0. The number of hydrogen-bond donors (Lipinski definition) is 3. The van der Waals surface area contributed by atoms with Gasteiger partial charge in [-0.25, -0.2) is 8.42 Å². The number of nitrogens with one attached hydrogen (secondary N) is 3. The van der Waals surface area contributed by atoms with Crippen molar-refractivity contribution in [3.8, 4) is 0 Å². The van der Waals surface area contributed by atoms with Crippen molar-refractivity contribution in [1.82, 2.24) is 4.98 Å². The Labute approximate surface area is 213 Å². The molecule has 0 spiro atoms. The second kappa shape index (κ2) is 9.09. The lowest BCUT2D eigenvalue weighted by Crippen LogP contribution is -2.13. The molecule has 10 heteroatoms. The van der Waals surface area contributed by atoms with E-state index in [0.717, 1.165) is 55.6 Å². The molecule has 0 saturated carbocycles. The Hall–Kier alpha value is -3.53. The number of aromatic amines is 1. The zero-order valence-electron chi connectivity index (χ0n) is 20.3. The Balaban J connectivity index is 1.50. The van der Waals surface area contributed by atoms with E-state index in [2.05, 4.69) is 28.9 Å². The van der Waals surface area contributed by atoms with E-state index in [0.29, 0.717) is 16.8 Å². The van der Waals surface area contributed by atoms with Gasteiger partial charge in [0.2, 0.25) is 0 Å². The van der Waals surface area contributed by atoms with Gasteiger partial charge in [-0.05, 0) is 91.3 Å². The van der Waals surface area contributed by atoms with Crippen molar-refractivity contribution < 1.29 is 26.4 Å². The summed E-state index contributed by atoms with van der Waals surface area (Å²) in [7, 11) is -4.13. The molecule has 0 atom stereocenters. The molecular formula is C27H26F3N3O3S. The quantitative estimate of drug-likeness (QED) is 0.338. The van der Waals surface area contributed by atoms with Crippen LogP contribution in [0.2, 0.25) is 0 Å². The number of aryl methyl sites for hydroxylation is 1. The van der Waals surface area contributed by atoms with Gasteiger partial charge in [-0.3, -0.25) is 9.52 Å². The van der Waals surface area contributed by atoms with Crippen molar-refractivity contribution in [1.29, 1.82) is 0 Å². The average Bonchev–Trinajstić information content (AvgIpc) is 3.35. The Morgan fingerprint density at radius 3 is 2.41 bits per heavy atom. The van der Waals surface area contributed by atoms with E-state index in [1.807, 2.05) is 0 Å². The molecule has 0 unspecified atom stereocenters. The van der Waals surface area contributed by atoms with Crippen LogP contribution >= 0.6 is 0 Å². The number of fused-ring (bicyclic) bond motifs is 2. The monoisotopic (exact) mass is 529 g/mol. The molecule has 194 valence electrons. The molecular weight excluding hydrogens is 503 g/mol. The predicted octanol–water partition coefficient (Wildman–Crippen LogP) is 6.33. The first kappa shape index (κ1) is 25.1. The summed E-state index contributed by atoms with van der Waals surface area (Å²) in [5.41, 5.74) is 4.95. The van der Waals surface area contributed by atoms with E-state index < -0.39 is 21.8 Å². The van der Waals surface area contributed by atoms with Gasteiger partial charge in [-0.1, -0.05) is 13.8 Å². The van der Waals surface area contributed by atoms with Gasteiger partial charge < -0.3 is 10.3 Å². The minimum atomic E-state index is -4.52. The first-order chi connectivity index (χ1) is 17.4. The highest BCUT2D eigenvalue weighted by molar-refractivity contribution is 7.92. The molecule has 2 aliphatic rings. The van der Waals surface area contributed by atoms with Crippen molar-refractivity contribution in [3.05, 3.63) is 76.1 Å². The van der Waals surface area contributed by atoms with Gasteiger partial charge in [0.15, 0.2) is 0 Å². The van der Waals surface area contributed by atoms with Crippen molar-refractivity contribution in [2.24, 2.45) is 0 Å². The Morgan fingerprint density at radius 2 is 1.73 bits per heavy atom. The topological polar surface area (TPSA) is 91.1 Å². The number of carbonyl (C=O) groups excluding carboxylic acids is 1. The molecule has 0 bridgehead atoms. The third kappa shape index (κ3) is 4.77. The molecule has 3 aromatic rings. The highest BCUT2D eigenvalue weighted by Crippen LogP contribution is 2.38. The van der Waals surface area contributed by atoms with Crippen LogP contribution in [-0.2, 0) is 33.8 Å². The van der Waals surface area contributed by atoms with Crippen LogP contribution in [0.5, 0.6) is 0 Å². The summed E-state index contributed by atoms with van der Waals surface area (Å²) in [5, 5.41) is 2.78. The SMILES string of the molecule is CC(C)c1c(C=C2C(=O)Nc3ccc(S(=O)(=O)Nc4ccc(C(F)(F)F)cc4)cc32)[nH]c2c1CCCC2. The van der Waals surface area contributed by atoms with Crippen molar-refractivity contribution in [2.45, 2.75) is 56.5 Å². The lowest BCUT2D eigenvalue weighted by molar-refractivity contribution is -0.137. The Bertz CT molecular complexity index is 1520. The zero-order chi connectivity index (χ0) is 26.5. The maximum absolute atomic E-state index is 13.0. The fourth-order valence-corrected chi connectivity index (χ4v) is 6.15. The van der Waals surface area contributed by atoms with Gasteiger partial charge in [-0.15, -0.1) is 0 Å². The van der Waals surface area contributed by atoms with Crippen LogP contribution in [0.3, 0.4) is 0 Å². The minimum Gasteiger partial charge on any atom is -0.358 e. The zero-order valence-corrected chi connectivity index (χ0v) is 21.1. The third-order valence-electron chi connectivity index (χ3n) is 6.78. The van der Waals surface area contributed by atoms with Crippen LogP contribution in [0.1, 0.15) is 66.2 Å². The standard InChI is InChI=1S/C27H26F3N3O3S/c1-15(2)25-19-5-3-4-6-22(19)31-24(25)14-21-20-13-18(11-12-23(20)32-26(21)34)37(35,36)33-17-9-7-16(8-10-17)27(28,29)30/h7-15,31,33H,3-6H2,1-2H3,(H,32,34). The number of anilines is 2. The molecule has 1 amide bonds. The van der Waals surface area contributed by atoms with Gasteiger partial charge in [0.1, 0.15) is 0 Å². The fourth-order valence-electron chi connectivity index (χ4n) is 5.07. The summed E-state index contributed by atoms with van der Waals surface area (Å²) >= 11 is 0. The van der Waals surface area contributed by atoms with E-state index >= 15 is 0 Å². The molecule has 2 heterocycles. The number of amides is 1. The number of benzene rings is 2. The van der Waals surface area contributed by atoms with Crippen LogP contribution in [0, 0.1) is 0 Å². The van der Waals surface area contributed by atoms with E-state index in [9.17, 15) is 26.4 Å². The summed E-state index contributed by atoms with van der Waals surface area (Å²) in [6.07, 6.45) is 1.44. The van der Waals surface area contributed by atoms with E-state index in [4.69, 9.17) is 0 Å². The van der Waals surface area contributed by atoms with E-state index in [-0.39, 0.29) is 22.4 Å². The maximum Gasteiger partial charge on any atom is 0.416 e. The number of alkyl halides is 3. The van der Waals surface area contributed by atoms with Crippen LogP contribution < -0.4 is 10.0 Å². The van der Waals surface area contributed by atoms with Gasteiger partial charge in [0, 0.05) is 28.3 Å². The first-order valence-corrected chi connectivity index (χ1v) is 13.5. The van der Waals surface area contributed by atoms with Crippen molar-refractivity contribution in [3.63, 3.8) is 0 Å². The van der Waals surface area contributed by atoms with Crippen LogP contribution in [-0.4, -0.2) is 19.3 Å². The van der Waals surface area contributed by atoms with Crippen LogP contribution in [0.15, 0.2) is 47.4 Å². The van der Waals surface area contributed by atoms with Crippen molar-refractivity contribution >= 4 is 39.0 Å². The molecule has 3 N–H and O–H groups in total. The van der Waals surface area contributed by atoms with Gasteiger partial charge in [0.25, 0.3) is 15.9 Å². The highest BCUT2D eigenvalue weighted by atomic mass is 32.2. The van der Waals surface area contributed by atoms with Gasteiger partial charge >= 0.3 is 6.18 Å².